The number of nitrogens with zero attached hydrogens (tertiary/aromatic N) is 2. The molecule has 0 rings (SSSR count). The monoisotopic (exact) mass is 288 g/mol. The van der Waals surface area contributed by atoms with Crippen molar-refractivity contribution in [3.05, 3.63) is 0 Å². The molecule has 0 spiro atoms. The molecule has 0 atom stereocenters. The maximum absolute atomic E-state index is 3.67. The molecule has 0 aliphatic rings. The van der Waals surface area contributed by atoms with E-state index in [0.717, 1.165) is 0 Å². The zero-order valence-corrected chi connectivity index (χ0v) is 15.7. The summed E-state index contributed by atoms with van der Waals surface area (Å²) in [5.74, 6) is 0. The Balaban J connectivity index is 5.78. The van der Waals surface area contributed by atoms with Crippen LogP contribution in [0, 0.1) is 0 Å². The van der Waals surface area contributed by atoms with Gasteiger partial charge in [0.2, 0.25) is 0 Å². The molecule has 0 bridgehead atoms. The van der Waals surface area contributed by atoms with Gasteiger partial charge in [-0.05, 0) is 14.1 Å². The van der Waals surface area contributed by atoms with E-state index in [-0.39, 0.29) is 0 Å². The van der Waals surface area contributed by atoms with E-state index in [1.807, 2.05) is 0 Å². The van der Waals surface area contributed by atoms with Gasteiger partial charge in [0, 0.05) is 24.2 Å². The number of hydrogen-bond acceptors (Lipinski definition) is 4. The lowest BCUT2D eigenvalue weighted by molar-refractivity contribution is 0.188. The molecule has 5 heteroatoms. The van der Waals surface area contributed by atoms with E-state index in [1.54, 1.807) is 0 Å². The molecule has 19 heavy (non-hydrogen) atoms. The van der Waals surface area contributed by atoms with Crippen LogP contribution in [0.5, 0.6) is 0 Å². The van der Waals surface area contributed by atoms with Gasteiger partial charge in [0.25, 0.3) is 0 Å². The second kappa shape index (κ2) is 7.74. The van der Waals surface area contributed by atoms with Crippen LogP contribution in [-0.2, 0) is 0 Å². The average Bonchev–Trinajstić information content (AvgIpc) is 2.25. The van der Waals surface area contributed by atoms with Gasteiger partial charge in [0.05, 0.1) is 0 Å². The molecular formula is C14H36N4Si. The summed E-state index contributed by atoms with van der Waals surface area (Å²) in [6.07, 6.45) is 0. The van der Waals surface area contributed by atoms with Crippen LogP contribution in [0.25, 0.3) is 0 Å². The molecule has 0 unspecified atom stereocenters. The van der Waals surface area contributed by atoms with Gasteiger partial charge in [-0.25, -0.2) is 0 Å². The van der Waals surface area contributed by atoms with Crippen molar-refractivity contribution in [1.82, 2.24) is 19.1 Å². The molecule has 0 aliphatic carbocycles. The Hall–Kier alpha value is 0.0569. The Labute approximate surface area is 122 Å². The second-order valence-corrected chi connectivity index (χ2v) is 9.74. The van der Waals surface area contributed by atoms with Crippen LogP contribution in [0.2, 0.25) is 0 Å². The number of hydrogen-bond donors (Lipinski definition) is 2. The Morgan fingerprint density at radius 3 is 0.895 bits per heavy atom. The Kier molecular flexibility index (Phi) is 7.76. The highest BCUT2D eigenvalue weighted by molar-refractivity contribution is 6.69. The average molecular weight is 289 g/mol. The number of rotatable bonds is 8. The predicted molar refractivity (Wildman–Crippen MR) is 88.1 cm³/mol. The standard InChI is InChI=1S/C14H36N4Si/c1-11(2)17(12(3)4)19(15-9,16-10)18(13(5)6)14(7)8/h11-16H,1-10H3. The lowest BCUT2D eigenvalue weighted by atomic mass is 10.3. The van der Waals surface area contributed by atoms with E-state index in [1.165, 1.54) is 0 Å². The molecule has 0 aliphatic heterocycles. The zero-order chi connectivity index (χ0) is 15.4. The molecule has 2 N–H and O–H groups in total. The van der Waals surface area contributed by atoms with E-state index >= 15 is 0 Å². The SMILES string of the molecule is CN[Si](NC)(N(C(C)C)C(C)C)N(C(C)C)C(C)C. The van der Waals surface area contributed by atoms with Gasteiger partial charge in [0.15, 0.2) is 0 Å². The summed E-state index contributed by atoms with van der Waals surface area (Å²) in [6, 6.07) is 2.02. The molecule has 0 fully saturated rings. The molecule has 0 aromatic heterocycles. The summed E-state index contributed by atoms with van der Waals surface area (Å²) in [6.45, 7) is 18.3. The van der Waals surface area contributed by atoms with Crippen molar-refractivity contribution >= 4 is 8.72 Å². The van der Waals surface area contributed by atoms with Crippen LogP contribution >= 0.6 is 0 Å². The first-order chi connectivity index (χ1) is 8.65. The number of nitrogens with one attached hydrogen (secondary N) is 2. The quantitative estimate of drug-likeness (QED) is 0.670. The van der Waals surface area contributed by atoms with Crippen LogP contribution in [0.4, 0.5) is 0 Å². The lowest BCUT2D eigenvalue weighted by Crippen LogP contribution is -2.84. The third kappa shape index (κ3) is 4.01. The molecule has 0 saturated carbocycles. The lowest BCUT2D eigenvalue weighted by Gasteiger charge is -2.53. The van der Waals surface area contributed by atoms with Crippen molar-refractivity contribution in [2.24, 2.45) is 0 Å². The van der Waals surface area contributed by atoms with Crippen molar-refractivity contribution in [1.29, 1.82) is 0 Å². The normalized spacial score (nSPS) is 13.9. The van der Waals surface area contributed by atoms with E-state index in [2.05, 4.69) is 88.6 Å². The predicted octanol–water partition coefficient (Wildman–Crippen LogP) is 2.10. The van der Waals surface area contributed by atoms with Crippen LogP contribution in [0.15, 0.2) is 0 Å². The fourth-order valence-corrected chi connectivity index (χ4v) is 8.00. The molecule has 0 radical (unpaired) electrons. The van der Waals surface area contributed by atoms with Crippen LogP contribution < -0.4 is 9.96 Å². The van der Waals surface area contributed by atoms with Gasteiger partial charge in [0.1, 0.15) is 0 Å². The Morgan fingerprint density at radius 1 is 0.579 bits per heavy atom. The molecule has 0 amide bonds. The van der Waals surface area contributed by atoms with Crippen molar-refractivity contribution in [2.45, 2.75) is 79.6 Å². The van der Waals surface area contributed by atoms with Crippen molar-refractivity contribution in [2.75, 3.05) is 14.1 Å². The first kappa shape index (κ1) is 19.1. The molecule has 0 aromatic carbocycles. The second-order valence-electron chi connectivity index (χ2n) is 6.36. The third-order valence-electron chi connectivity index (χ3n) is 3.67. The van der Waals surface area contributed by atoms with E-state index in [9.17, 15) is 0 Å². The largest absolute Gasteiger partial charge is 0.371 e. The summed E-state index contributed by atoms with van der Waals surface area (Å²) < 4.78 is 5.26. The minimum atomic E-state index is -2.09. The molecule has 0 saturated heterocycles. The first-order valence-electron chi connectivity index (χ1n) is 7.60. The minimum Gasteiger partial charge on any atom is -0.303 e. The highest BCUT2D eigenvalue weighted by Crippen LogP contribution is 2.21. The topological polar surface area (TPSA) is 30.5 Å². The van der Waals surface area contributed by atoms with Gasteiger partial charge in [-0.2, -0.15) is 0 Å². The van der Waals surface area contributed by atoms with Crippen molar-refractivity contribution in [3.8, 4) is 0 Å². The van der Waals surface area contributed by atoms with E-state index < -0.39 is 8.72 Å². The smallest absolute Gasteiger partial charge is 0.303 e. The maximum Gasteiger partial charge on any atom is 0.371 e. The van der Waals surface area contributed by atoms with Crippen molar-refractivity contribution in [3.63, 3.8) is 0 Å². The third-order valence-corrected chi connectivity index (χ3v) is 8.62. The summed E-state index contributed by atoms with van der Waals surface area (Å²) in [4.78, 5) is 7.34. The molecule has 116 valence electrons. The molecule has 0 heterocycles. The van der Waals surface area contributed by atoms with Crippen LogP contribution in [0.1, 0.15) is 55.4 Å². The van der Waals surface area contributed by atoms with Gasteiger partial charge in [-0.15, -0.1) is 0 Å². The van der Waals surface area contributed by atoms with Crippen molar-refractivity contribution < 1.29 is 0 Å². The van der Waals surface area contributed by atoms with E-state index in [4.69, 9.17) is 0 Å². The Bertz CT molecular complexity index is 212. The fraction of sp³-hybridized carbons (Fsp3) is 1.00. The van der Waals surface area contributed by atoms with Crippen LogP contribution in [-0.4, -0.2) is 56.1 Å². The van der Waals surface area contributed by atoms with Gasteiger partial charge in [-0.1, -0.05) is 55.4 Å². The Morgan fingerprint density at radius 2 is 0.789 bits per heavy atom. The van der Waals surface area contributed by atoms with Gasteiger partial charge < -0.3 is 9.96 Å². The summed E-state index contributed by atoms with van der Waals surface area (Å²) in [5, 5.41) is 0. The van der Waals surface area contributed by atoms with Gasteiger partial charge in [-0.3, -0.25) is 9.13 Å². The summed E-state index contributed by atoms with van der Waals surface area (Å²) >= 11 is 0. The molecule has 0 aromatic rings. The highest BCUT2D eigenvalue weighted by atomic mass is 28.4. The van der Waals surface area contributed by atoms with E-state index in [0.29, 0.717) is 24.2 Å². The fourth-order valence-electron chi connectivity index (χ4n) is 3.46. The zero-order valence-electron chi connectivity index (χ0n) is 14.7. The summed E-state index contributed by atoms with van der Waals surface area (Å²) in [5.41, 5.74) is 0. The minimum absolute atomic E-state index is 0.506. The summed E-state index contributed by atoms with van der Waals surface area (Å²) in [7, 11) is 2.10. The molecule has 4 nitrogen and oxygen atoms in total. The van der Waals surface area contributed by atoms with Crippen LogP contribution in [0.3, 0.4) is 0 Å². The maximum atomic E-state index is 3.67. The molecular weight excluding hydrogens is 252 g/mol. The first-order valence-corrected chi connectivity index (χ1v) is 9.49. The van der Waals surface area contributed by atoms with Gasteiger partial charge >= 0.3 is 8.72 Å². The highest BCUT2D eigenvalue weighted by Gasteiger charge is 2.49.